The molecule has 0 rings (SSSR count). The Bertz CT molecular complexity index is 119. The summed E-state index contributed by atoms with van der Waals surface area (Å²) < 4.78 is 0. The van der Waals surface area contributed by atoms with Gasteiger partial charge in [0.1, 0.15) is 0 Å². The molecule has 0 atom stereocenters. The lowest BCUT2D eigenvalue weighted by atomic mass is 10.6. The van der Waals surface area contributed by atoms with Crippen molar-refractivity contribution in [1.82, 2.24) is 10.6 Å². The lowest BCUT2D eigenvalue weighted by Gasteiger charge is -1.96. The van der Waals surface area contributed by atoms with Crippen LogP contribution in [0.1, 0.15) is 0 Å². The van der Waals surface area contributed by atoms with Crippen LogP contribution in [0.5, 0.6) is 0 Å². The maximum Gasteiger partial charge on any atom is 0.450 e. The van der Waals surface area contributed by atoms with Gasteiger partial charge in [0.15, 0.2) is 0 Å². The molecular weight excluding hydrogens is 140 g/mol. The van der Waals surface area contributed by atoms with Gasteiger partial charge >= 0.3 is 12.2 Å². The van der Waals surface area contributed by atoms with E-state index in [4.69, 9.17) is 0 Å². The van der Waals surface area contributed by atoms with E-state index in [1.807, 2.05) is 10.6 Å². The van der Waals surface area contributed by atoms with Gasteiger partial charge in [0.2, 0.25) is 0 Å². The summed E-state index contributed by atoms with van der Waals surface area (Å²) in [6, 6.07) is 0. The van der Waals surface area contributed by atoms with Crippen LogP contribution < -0.4 is 10.6 Å². The Morgan fingerprint density at radius 2 is 1.20 bits per heavy atom. The van der Waals surface area contributed by atoms with E-state index in [1.165, 1.54) is 0 Å². The molecule has 10 heavy (non-hydrogen) atoms. The Morgan fingerprint density at radius 3 is 1.40 bits per heavy atom. The van der Waals surface area contributed by atoms with Gasteiger partial charge < -0.3 is 10.6 Å². The highest BCUT2D eigenvalue weighted by Crippen LogP contribution is 1.63. The molecule has 6 nitrogen and oxygen atoms in total. The standard InChI is InChI=1S/C4H6N2O4/c7-3(8)5-1-2-6-4(9)10/h5-6H,1-2H2. The number of hydrogen-bond acceptors (Lipinski definition) is 2. The predicted octanol–water partition coefficient (Wildman–Crippen LogP) is -0.733. The quantitative estimate of drug-likeness (QED) is 0.513. The second-order valence-electron chi connectivity index (χ2n) is 1.43. The average Bonchev–Trinajstić information content (AvgIpc) is 1.79. The summed E-state index contributed by atoms with van der Waals surface area (Å²) in [6.45, 7) is -0.0351. The second-order valence-corrected chi connectivity index (χ2v) is 1.43. The average molecular weight is 146 g/mol. The van der Waals surface area contributed by atoms with Crippen molar-refractivity contribution in [3.63, 3.8) is 0 Å². The normalized spacial score (nSPS) is 8.40. The molecule has 0 bridgehead atoms. The van der Waals surface area contributed by atoms with Crippen LogP contribution in [0, 0.1) is 0 Å². The van der Waals surface area contributed by atoms with Crippen LogP contribution in [-0.4, -0.2) is 25.3 Å². The number of amides is 2. The van der Waals surface area contributed by atoms with E-state index < -0.39 is 12.2 Å². The minimum Gasteiger partial charge on any atom is -0.317 e. The molecule has 0 aromatic rings. The van der Waals surface area contributed by atoms with Gasteiger partial charge in [-0.15, -0.1) is 0 Å². The van der Waals surface area contributed by atoms with E-state index in [0.29, 0.717) is 0 Å². The van der Waals surface area contributed by atoms with Gasteiger partial charge in [0, 0.05) is 13.1 Å². The van der Waals surface area contributed by atoms with Gasteiger partial charge in [-0.2, -0.15) is 0 Å². The summed E-state index contributed by atoms with van der Waals surface area (Å²) in [5.41, 5.74) is 0. The van der Waals surface area contributed by atoms with Crippen LogP contribution >= 0.6 is 0 Å². The molecular formula is C4H6N2O4. The van der Waals surface area contributed by atoms with E-state index in [-0.39, 0.29) is 13.1 Å². The third-order valence-electron chi connectivity index (χ3n) is 0.664. The zero-order valence-corrected chi connectivity index (χ0v) is 5.05. The lowest BCUT2D eigenvalue weighted by molar-refractivity contribution is 0.163. The van der Waals surface area contributed by atoms with E-state index in [0.717, 1.165) is 0 Å². The molecule has 0 saturated carbocycles. The number of nitrogens with one attached hydrogen (secondary N) is 2. The minimum absolute atomic E-state index is 0.0175. The highest BCUT2D eigenvalue weighted by molar-refractivity contribution is 5.65. The van der Waals surface area contributed by atoms with Gasteiger partial charge in [-0.05, 0) is 0 Å². The highest BCUT2D eigenvalue weighted by Gasteiger charge is 1.97. The van der Waals surface area contributed by atoms with Crippen molar-refractivity contribution >= 4 is 12.2 Å². The molecule has 2 amide bonds. The van der Waals surface area contributed by atoms with E-state index in [1.54, 1.807) is 0 Å². The second kappa shape index (κ2) is 4.42. The van der Waals surface area contributed by atoms with Gasteiger partial charge in [-0.25, -0.2) is 19.8 Å². The third-order valence-corrected chi connectivity index (χ3v) is 0.664. The highest BCUT2D eigenvalue weighted by atomic mass is 16.4. The van der Waals surface area contributed by atoms with Crippen LogP contribution in [0.4, 0.5) is 9.59 Å². The van der Waals surface area contributed by atoms with Crippen molar-refractivity contribution in [2.75, 3.05) is 13.1 Å². The fraction of sp³-hybridized carbons (Fsp3) is 0.500. The molecule has 0 aromatic carbocycles. The Kier molecular flexibility index (Phi) is 3.78. The number of carbonyl (C=O) groups is 2. The summed E-state index contributed by atoms with van der Waals surface area (Å²) >= 11 is 0. The number of carbonyl (C=O) groups excluding carboxylic acids is 2. The van der Waals surface area contributed by atoms with Gasteiger partial charge in [0.05, 0.1) is 0 Å². The first-order chi connectivity index (χ1) is 4.63. The summed E-state index contributed by atoms with van der Waals surface area (Å²) in [4.78, 5) is 19.3. The van der Waals surface area contributed by atoms with Crippen LogP contribution in [-0.2, 0) is 10.2 Å². The Morgan fingerprint density at radius 1 is 0.900 bits per heavy atom. The first kappa shape index (κ1) is 8.54. The summed E-state index contributed by atoms with van der Waals surface area (Å²) in [6.07, 6.45) is -2.86. The lowest BCUT2D eigenvalue weighted by Crippen LogP contribution is -2.32. The van der Waals surface area contributed by atoms with Crippen molar-refractivity contribution in [2.45, 2.75) is 0 Å². The minimum atomic E-state index is -1.43. The molecule has 0 spiro atoms. The molecule has 2 radical (unpaired) electrons. The third kappa shape index (κ3) is 6.54. The molecule has 0 aliphatic heterocycles. The van der Waals surface area contributed by atoms with E-state index in [2.05, 4.69) is 0 Å². The number of rotatable bonds is 3. The summed E-state index contributed by atoms with van der Waals surface area (Å²) in [5, 5.41) is 23.0. The van der Waals surface area contributed by atoms with Crippen molar-refractivity contribution in [1.29, 1.82) is 0 Å². The van der Waals surface area contributed by atoms with Crippen molar-refractivity contribution < 1.29 is 19.8 Å². The molecule has 0 heterocycles. The van der Waals surface area contributed by atoms with Crippen LogP contribution in [0.15, 0.2) is 0 Å². The maximum atomic E-state index is 9.63. The largest absolute Gasteiger partial charge is 0.450 e. The molecule has 6 heteroatoms. The molecule has 0 saturated heterocycles. The molecule has 0 unspecified atom stereocenters. The maximum absolute atomic E-state index is 9.63. The molecule has 0 aliphatic rings. The molecule has 2 N–H and O–H groups in total. The zero-order valence-electron chi connectivity index (χ0n) is 5.05. The SMILES string of the molecule is [O]C(=O)NCCNC([O])=O. The van der Waals surface area contributed by atoms with E-state index >= 15 is 0 Å². The monoisotopic (exact) mass is 146 g/mol. The predicted molar refractivity (Wildman–Crippen MR) is 28.2 cm³/mol. The van der Waals surface area contributed by atoms with Gasteiger partial charge in [0.25, 0.3) is 0 Å². The Balaban J connectivity index is 3.06. The van der Waals surface area contributed by atoms with Crippen LogP contribution in [0.2, 0.25) is 0 Å². The first-order valence-corrected chi connectivity index (χ1v) is 2.52. The Labute approximate surface area is 56.8 Å². The van der Waals surface area contributed by atoms with E-state index in [9.17, 15) is 19.8 Å². The molecule has 0 aromatic heterocycles. The first-order valence-electron chi connectivity index (χ1n) is 2.52. The fourth-order valence-corrected chi connectivity index (χ4v) is 0.329. The molecule has 0 fully saturated rings. The van der Waals surface area contributed by atoms with Crippen molar-refractivity contribution in [2.24, 2.45) is 0 Å². The zero-order chi connectivity index (χ0) is 7.98. The molecule has 56 valence electrons. The molecule has 0 aliphatic carbocycles. The Hall–Kier alpha value is -1.46. The topological polar surface area (TPSA) is 98.0 Å². The smallest absolute Gasteiger partial charge is 0.317 e. The van der Waals surface area contributed by atoms with Crippen molar-refractivity contribution in [3.05, 3.63) is 0 Å². The summed E-state index contributed by atoms with van der Waals surface area (Å²) in [7, 11) is 0. The van der Waals surface area contributed by atoms with Crippen LogP contribution in [0.25, 0.3) is 0 Å². The van der Waals surface area contributed by atoms with Gasteiger partial charge in [-0.3, -0.25) is 0 Å². The van der Waals surface area contributed by atoms with Crippen LogP contribution in [0.3, 0.4) is 0 Å². The summed E-state index contributed by atoms with van der Waals surface area (Å²) in [5.74, 6) is 0. The van der Waals surface area contributed by atoms with Gasteiger partial charge in [-0.1, -0.05) is 0 Å². The fourth-order valence-electron chi connectivity index (χ4n) is 0.329. The number of hydrogen-bond donors (Lipinski definition) is 2. The van der Waals surface area contributed by atoms with Crippen molar-refractivity contribution in [3.8, 4) is 0 Å².